The summed E-state index contributed by atoms with van der Waals surface area (Å²) in [4.78, 5) is 20.1. The van der Waals surface area contributed by atoms with Crippen molar-refractivity contribution in [3.8, 4) is 0 Å². The zero-order valence-electron chi connectivity index (χ0n) is 11.5. The summed E-state index contributed by atoms with van der Waals surface area (Å²) in [5.74, 6) is 0. The van der Waals surface area contributed by atoms with Crippen molar-refractivity contribution >= 4 is 11.4 Å². The smallest absolute Gasteiger partial charge is 0.269 e. The second-order valence-corrected chi connectivity index (χ2v) is 4.67. The van der Waals surface area contributed by atoms with Gasteiger partial charge in [0.15, 0.2) is 0 Å². The van der Waals surface area contributed by atoms with E-state index in [1.54, 1.807) is 24.3 Å². The Bertz CT molecular complexity index is 610. The van der Waals surface area contributed by atoms with Crippen LogP contribution in [0.15, 0.2) is 48.5 Å². The summed E-state index contributed by atoms with van der Waals surface area (Å²) in [5.41, 5.74) is 1.41. The summed E-state index contributed by atoms with van der Waals surface area (Å²) in [5, 5.41) is 32.0. The summed E-state index contributed by atoms with van der Waals surface area (Å²) in [6, 6.07) is 11.7. The fraction of sp³-hybridized carbons (Fsp3) is 0.143. The molecule has 0 aliphatic carbocycles. The van der Waals surface area contributed by atoms with Gasteiger partial charge in [0, 0.05) is 37.4 Å². The van der Waals surface area contributed by atoms with Gasteiger partial charge in [-0.05, 0) is 11.1 Å². The standard InChI is InChI=1S/C14H13N3O5/c18-15(9-11-1-5-13(6-2-11)16(19)20)10-12-3-7-14(8-4-12)17(21)22/h1-8,18H,9-10H2. The lowest BCUT2D eigenvalue weighted by Gasteiger charge is -2.14. The van der Waals surface area contributed by atoms with Gasteiger partial charge in [-0.1, -0.05) is 24.3 Å². The highest BCUT2D eigenvalue weighted by molar-refractivity contribution is 5.34. The van der Waals surface area contributed by atoms with Gasteiger partial charge in [-0.2, -0.15) is 5.06 Å². The van der Waals surface area contributed by atoms with Crippen LogP contribution in [0, 0.1) is 20.2 Å². The second kappa shape index (κ2) is 6.74. The summed E-state index contributed by atoms with van der Waals surface area (Å²) in [7, 11) is 0. The first-order valence-corrected chi connectivity index (χ1v) is 6.36. The fourth-order valence-electron chi connectivity index (χ4n) is 1.92. The van der Waals surface area contributed by atoms with Crippen LogP contribution >= 0.6 is 0 Å². The zero-order chi connectivity index (χ0) is 16.1. The largest absolute Gasteiger partial charge is 0.313 e. The molecule has 8 nitrogen and oxygen atoms in total. The lowest BCUT2D eigenvalue weighted by molar-refractivity contribution is -0.385. The molecule has 0 aliphatic heterocycles. The second-order valence-electron chi connectivity index (χ2n) is 4.67. The minimum absolute atomic E-state index is 0.0105. The van der Waals surface area contributed by atoms with Crippen LogP contribution in [0.4, 0.5) is 11.4 Å². The molecule has 0 fully saturated rings. The van der Waals surface area contributed by atoms with Crippen molar-refractivity contribution in [1.82, 2.24) is 5.06 Å². The number of nitro benzene ring substituents is 2. The fourth-order valence-corrected chi connectivity index (χ4v) is 1.92. The van der Waals surface area contributed by atoms with Crippen molar-refractivity contribution in [3.63, 3.8) is 0 Å². The predicted molar refractivity (Wildman–Crippen MR) is 77.2 cm³/mol. The highest BCUT2D eigenvalue weighted by Gasteiger charge is 2.09. The third-order valence-corrected chi connectivity index (χ3v) is 3.02. The van der Waals surface area contributed by atoms with Gasteiger partial charge >= 0.3 is 0 Å². The molecule has 0 atom stereocenters. The van der Waals surface area contributed by atoms with Crippen molar-refractivity contribution < 1.29 is 15.1 Å². The van der Waals surface area contributed by atoms with E-state index in [4.69, 9.17) is 0 Å². The van der Waals surface area contributed by atoms with Crippen LogP contribution in [-0.4, -0.2) is 20.1 Å². The Morgan fingerprint density at radius 1 is 0.773 bits per heavy atom. The first-order valence-electron chi connectivity index (χ1n) is 6.36. The minimum atomic E-state index is -0.489. The molecule has 2 aromatic carbocycles. The normalized spacial score (nSPS) is 10.6. The molecular formula is C14H13N3O5. The molecule has 0 spiro atoms. The van der Waals surface area contributed by atoms with E-state index < -0.39 is 9.85 Å². The van der Waals surface area contributed by atoms with Gasteiger partial charge in [0.25, 0.3) is 11.4 Å². The van der Waals surface area contributed by atoms with Crippen LogP contribution in [0.5, 0.6) is 0 Å². The third kappa shape index (κ3) is 4.08. The van der Waals surface area contributed by atoms with Crippen molar-refractivity contribution in [2.45, 2.75) is 13.1 Å². The monoisotopic (exact) mass is 303 g/mol. The molecule has 0 saturated carbocycles. The first kappa shape index (κ1) is 15.5. The van der Waals surface area contributed by atoms with Crippen molar-refractivity contribution in [3.05, 3.63) is 79.9 Å². The SMILES string of the molecule is O=[N+]([O-])c1ccc(CN(O)Cc2ccc([N+](=O)[O-])cc2)cc1. The van der Waals surface area contributed by atoms with Crippen LogP contribution < -0.4 is 0 Å². The summed E-state index contributed by atoms with van der Waals surface area (Å²) in [6.07, 6.45) is 0. The maximum absolute atomic E-state index is 10.5. The Morgan fingerprint density at radius 2 is 1.09 bits per heavy atom. The van der Waals surface area contributed by atoms with Crippen LogP contribution in [-0.2, 0) is 13.1 Å². The van der Waals surface area contributed by atoms with E-state index >= 15 is 0 Å². The summed E-state index contributed by atoms with van der Waals surface area (Å²) < 4.78 is 0. The molecule has 0 heterocycles. The average Bonchev–Trinajstić information content (AvgIpc) is 2.48. The number of non-ortho nitro benzene ring substituents is 2. The highest BCUT2D eigenvalue weighted by atomic mass is 16.6. The molecule has 0 saturated heterocycles. The van der Waals surface area contributed by atoms with Crippen molar-refractivity contribution in [2.75, 3.05) is 0 Å². The maximum Gasteiger partial charge on any atom is 0.269 e. The third-order valence-electron chi connectivity index (χ3n) is 3.02. The topological polar surface area (TPSA) is 110 Å². The molecule has 22 heavy (non-hydrogen) atoms. The van der Waals surface area contributed by atoms with E-state index in [0.717, 1.165) is 16.2 Å². The Morgan fingerprint density at radius 3 is 1.36 bits per heavy atom. The van der Waals surface area contributed by atoms with Crippen molar-refractivity contribution in [2.24, 2.45) is 0 Å². The Balaban J connectivity index is 1.95. The Kier molecular flexibility index (Phi) is 4.77. The van der Waals surface area contributed by atoms with E-state index in [-0.39, 0.29) is 24.5 Å². The van der Waals surface area contributed by atoms with Gasteiger partial charge in [-0.25, -0.2) is 0 Å². The van der Waals surface area contributed by atoms with Gasteiger partial charge in [-0.15, -0.1) is 0 Å². The molecule has 0 aromatic heterocycles. The Labute approximate surface area is 125 Å². The number of hydrogen-bond acceptors (Lipinski definition) is 6. The number of nitro groups is 2. The molecule has 2 rings (SSSR count). The number of hydrogen-bond donors (Lipinski definition) is 1. The summed E-state index contributed by atoms with van der Waals surface area (Å²) >= 11 is 0. The van der Waals surface area contributed by atoms with Crippen LogP contribution in [0.1, 0.15) is 11.1 Å². The van der Waals surface area contributed by atoms with Gasteiger partial charge < -0.3 is 5.21 Å². The minimum Gasteiger partial charge on any atom is -0.313 e. The Hall–Kier alpha value is -2.84. The molecular weight excluding hydrogens is 290 g/mol. The molecule has 0 aliphatic rings. The van der Waals surface area contributed by atoms with Crippen LogP contribution in [0.25, 0.3) is 0 Å². The van der Waals surface area contributed by atoms with Crippen molar-refractivity contribution in [1.29, 1.82) is 0 Å². The van der Waals surface area contributed by atoms with Crippen LogP contribution in [0.2, 0.25) is 0 Å². The lowest BCUT2D eigenvalue weighted by atomic mass is 10.2. The lowest BCUT2D eigenvalue weighted by Crippen LogP contribution is -2.18. The van der Waals surface area contributed by atoms with Gasteiger partial charge in [0.1, 0.15) is 0 Å². The van der Waals surface area contributed by atoms with E-state index in [9.17, 15) is 25.4 Å². The quantitative estimate of drug-likeness (QED) is 0.649. The molecule has 0 bridgehead atoms. The highest BCUT2D eigenvalue weighted by Crippen LogP contribution is 2.16. The number of hydroxylamine groups is 2. The van der Waals surface area contributed by atoms with E-state index in [2.05, 4.69) is 0 Å². The zero-order valence-corrected chi connectivity index (χ0v) is 11.5. The van der Waals surface area contributed by atoms with E-state index in [0.29, 0.717) is 0 Å². The van der Waals surface area contributed by atoms with Gasteiger partial charge in [-0.3, -0.25) is 20.2 Å². The van der Waals surface area contributed by atoms with Gasteiger partial charge in [0.2, 0.25) is 0 Å². The average molecular weight is 303 g/mol. The maximum atomic E-state index is 10.5. The summed E-state index contributed by atoms with van der Waals surface area (Å²) in [6.45, 7) is 0.379. The molecule has 114 valence electrons. The number of benzene rings is 2. The first-order chi connectivity index (χ1) is 10.5. The van der Waals surface area contributed by atoms with E-state index in [1.807, 2.05) is 0 Å². The van der Waals surface area contributed by atoms with Gasteiger partial charge in [0.05, 0.1) is 9.85 Å². The number of nitrogens with zero attached hydrogens (tertiary/aromatic N) is 3. The predicted octanol–water partition coefficient (Wildman–Crippen LogP) is 2.89. The molecule has 0 unspecified atom stereocenters. The van der Waals surface area contributed by atoms with E-state index in [1.165, 1.54) is 24.3 Å². The number of rotatable bonds is 6. The van der Waals surface area contributed by atoms with Crippen LogP contribution in [0.3, 0.4) is 0 Å². The molecule has 0 radical (unpaired) electrons. The molecule has 1 N–H and O–H groups in total. The molecule has 2 aromatic rings. The molecule has 8 heteroatoms. The molecule has 0 amide bonds.